The number of thiocarbonyl (C=S) groups is 1. The molecule has 0 amide bonds. The van der Waals surface area contributed by atoms with E-state index in [0.717, 1.165) is 0 Å². The summed E-state index contributed by atoms with van der Waals surface area (Å²) >= 11 is 6.31. The van der Waals surface area contributed by atoms with Gasteiger partial charge in [0, 0.05) is 12.1 Å². The van der Waals surface area contributed by atoms with Crippen LogP contribution < -0.4 is 10.1 Å². The molecule has 0 aliphatic rings. The molecule has 1 rings (SSSR count). The number of esters is 1. The Labute approximate surface area is 104 Å². The van der Waals surface area contributed by atoms with Crippen LogP contribution in [0.2, 0.25) is 0 Å². The van der Waals surface area contributed by atoms with Gasteiger partial charge in [-0.15, -0.1) is 5.43 Å². The highest BCUT2D eigenvalue weighted by molar-refractivity contribution is 8.23. The maximum absolute atomic E-state index is 11.1. The lowest BCUT2D eigenvalue weighted by Crippen LogP contribution is -2.46. The Morgan fingerprint density at radius 1 is 1.44 bits per heavy atom. The van der Waals surface area contributed by atoms with Gasteiger partial charge in [0.2, 0.25) is 0 Å². The first-order chi connectivity index (χ1) is 7.72. The first kappa shape index (κ1) is 12.9. The van der Waals surface area contributed by atoms with Gasteiger partial charge in [0.25, 0.3) is 0 Å². The number of ether oxygens (including phenoxy) is 1. The molecular formula is C10H13N2O2S2+. The van der Waals surface area contributed by atoms with Crippen LogP contribution in [0, 0.1) is 0 Å². The largest absolute Gasteiger partial charge is 0.465 e. The Kier molecular flexibility index (Phi) is 5.81. The van der Waals surface area contributed by atoms with Crippen molar-refractivity contribution in [1.82, 2.24) is 0 Å². The molecule has 4 nitrogen and oxygen atoms in total. The Balaban J connectivity index is 2.29. The van der Waals surface area contributed by atoms with Gasteiger partial charge in [-0.25, -0.2) is 0 Å². The van der Waals surface area contributed by atoms with Gasteiger partial charge in [-0.05, 0) is 19.1 Å². The molecule has 0 bridgehead atoms. The molecule has 1 N–H and O–H groups in total. The molecule has 0 fully saturated rings. The lowest BCUT2D eigenvalue weighted by molar-refractivity contribution is -0.639. The van der Waals surface area contributed by atoms with E-state index in [9.17, 15) is 4.79 Å². The molecule has 0 unspecified atom stereocenters. The van der Waals surface area contributed by atoms with Crippen LogP contribution >= 0.6 is 24.0 Å². The number of hydrogen-bond acceptors (Lipinski definition) is 4. The van der Waals surface area contributed by atoms with Crippen LogP contribution in [0.4, 0.5) is 0 Å². The standard InChI is InChI=1S/C10H12N2O2S2/c1-2-14-9(13)8-16-10(15)11-12-6-4-3-5-7-12/h3-7H,2,8H2,1H3/p+1. The highest BCUT2D eigenvalue weighted by Gasteiger charge is 2.07. The van der Waals surface area contributed by atoms with Gasteiger partial charge in [-0.3, -0.25) is 4.79 Å². The molecule has 0 spiro atoms. The lowest BCUT2D eigenvalue weighted by Gasteiger charge is -2.02. The second kappa shape index (κ2) is 7.19. The summed E-state index contributed by atoms with van der Waals surface area (Å²) in [5, 5.41) is 0. The van der Waals surface area contributed by atoms with E-state index in [2.05, 4.69) is 5.43 Å². The van der Waals surface area contributed by atoms with E-state index in [-0.39, 0.29) is 11.7 Å². The zero-order valence-electron chi connectivity index (χ0n) is 8.88. The molecule has 1 heterocycles. The summed E-state index contributed by atoms with van der Waals surface area (Å²) in [6, 6.07) is 5.67. The van der Waals surface area contributed by atoms with Crippen molar-refractivity contribution >= 4 is 34.3 Å². The third kappa shape index (κ3) is 5.09. The smallest absolute Gasteiger partial charge is 0.316 e. The number of carbonyl (C=O) groups is 1. The maximum atomic E-state index is 11.1. The Hall–Kier alpha value is -1.14. The number of thioether (sulfide) groups is 1. The van der Waals surface area contributed by atoms with Gasteiger partial charge in [0.1, 0.15) is 0 Å². The van der Waals surface area contributed by atoms with Crippen molar-refractivity contribution in [2.45, 2.75) is 6.92 Å². The summed E-state index contributed by atoms with van der Waals surface area (Å²) in [5.41, 5.74) is 2.94. The van der Waals surface area contributed by atoms with Gasteiger partial charge in [0.15, 0.2) is 16.7 Å². The van der Waals surface area contributed by atoms with Crippen LogP contribution in [0.5, 0.6) is 0 Å². The quantitative estimate of drug-likeness (QED) is 0.497. The van der Waals surface area contributed by atoms with Crippen molar-refractivity contribution in [1.29, 1.82) is 0 Å². The molecule has 1 aromatic rings. The van der Waals surface area contributed by atoms with E-state index in [1.165, 1.54) is 11.8 Å². The van der Waals surface area contributed by atoms with Crippen LogP contribution in [-0.2, 0) is 9.53 Å². The van der Waals surface area contributed by atoms with Crippen molar-refractivity contribution in [2.75, 3.05) is 17.8 Å². The molecule has 0 radical (unpaired) electrons. The van der Waals surface area contributed by atoms with E-state index in [1.807, 2.05) is 30.6 Å². The predicted molar refractivity (Wildman–Crippen MR) is 67.7 cm³/mol. The fraction of sp³-hybridized carbons (Fsp3) is 0.300. The van der Waals surface area contributed by atoms with Gasteiger partial charge in [-0.2, -0.15) is 0 Å². The molecule has 0 saturated heterocycles. The maximum Gasteiger partial charge on any atom is 0.316 e. The van der Waals surface area contributed by atoms with Crippen LogP contribution in [0.3, 0.4) is 0 Å². The zero-order valence-corrected chi connectivity index (χ0v) is 10.5. The second-order valence-corrected chi connectivity index (χ2v) is 4.43. The lowest BCUT2D eigenvalue weighted by atomic mass is 10.5. The van der Waals surface area contributed by atoms with Crippen molar-refractivity contribution in [3.05, 3.63) is 30.6 Å². The summed E-state index contributed by atoms with van der Waals surface area (Å²) in [6.07, 6.45) is 3.66. The van der Waals surface area contributed by atoms with Gasteiger partial charge in [-0.1, -0.05) is 22.5 Å². The Morgan fingerprint density at radius 3 is 2.75 bits per heavy atom. The molecule has 86 valence electrons. The van der Waals surface area contributed by atoms with E-state index < -0.39 is 0 Å². The van der Waals surface area contributed by atoms with Crippen molar-refractivity contribution in [3.63, 3.8) is 0 Å². The van der Waals surface area contributed by atoms with Gasteiger partial charge in [0.05, 0.1) is 12.4 Å². The highest BCUT2D eigenvalue weighted by Crippen LogP contribution is 2.02. The topological polar surface area (TPSA) is 42.2 Å². The number of nitrogens with one attached hydrogen (secondary N) is 1. The molecule has 0 saturated carbocycles. The van der Waals surface area contributed by atoms with Crippen LogP contribution in [0.1, 0.15) is 6.92 Å². The predicted octanol–water partition coefficient (Wildman–Crippen LogP) is 1.10. The summed E-state index contributed by atoms with van der Waals surface area (Å²) < 4.78 is 7.04. The second-order valence-electron chi connectivity index (χ2n) is 2.78. The number of pyridine rings is 1. The highest BCUT2D eigenvalue weighted by atomic mass is 32.2. The monoisotopic (exact) mass is 257 g/mol. The van der Waals surface area contributed by atoms with E-state index >= 15 is 0 Å². The Bertz CT molecular complexity index is 357. The van der Waals surface area contributed by atoms with Crippen LogP contribution in [0.15, 0.2) is 30.6 Å². The molecule has 0 aliphatic heterocycles. The summed E-state index contributed by atoms with van der Waals surface area (Å²) in [7, 11) is 0. The first-order valence-corrected chi connectivity index (χ1v) is 6.17. The molecule has 16 heavy (non-hydrogen) atoms. The van der Waals surface area contributed by atoms with Crippen molar-refractivity contribution < 1.29 is 14.2 Å². The zero-order chi connectivity index (χ0) is 11.8. The molecule has 0 aromatic carbocycles. The molecule has 0 atom stereocenters. The normalized spacial score (nSPS) is 9.56. The SMILES string of the molecule is CCOC(=O)CSC(=S)N[n+]1ccccc1. The van der Waals surface area contributed by atoms with Crippen LogP contribution in [-0.4, -0.2) is 22.6 Å². The third-order valence-corrected chi connectivity index (χ3v) is 2.74. The van der Waals surface area contributed by atoms with E-state index in [1.54, 1.807) is 11.6 Å². The average Bonchev–Trinajstić information content (AvgIpc) is 2.28. The number of hydrogen-bond donors (Lipinski definition) is 1. The van der Waals surface area contributed by atoms with Gasteiger partial charge >= 0.3 is 5.97 Å². The summed E-state index contributed by atoms with van der Waals surface area (Å²) in [6.45, 7) is 2.17. The first-order valence-electron chi connectivity index (χ1n) is 4.78. The van der Waals surface area contributed by atoms with E-state index in [0.29, 0.717) is 10.9 Å². The minimum atomic E-state index is -0.255. The number of rotatable bonds is 4. The van der Waals surface area contributed by atoms with Gasteiger partial charge < -0.3 is 4.74 Å². The fourth-order valence-electron chi connectivity index (χ4n) is 0.938. The number of aromatic nitrogens is 1. The van der Waals surface area contributed by atoms with Crippen LogP contribution in [0.25, 0.3) is 0 Å². The average molecular weight is 257 g/mol. The Morgan fingerprint density at radius 2 is 2.12 bits per heavy atom. The fourth-order valence-corrected chi connectivity index (χ4v) is 1.72. The summed E-state index contributed by atoms with van der Waals surface area (Å²) in [4.78, 5) is 11.1. The van der Waals surface area contributed by atoms with E-state index in [4.69, 9.17) is 17.0 Å². The number of nitrogens with zero attached hydrogens (tertiary/aromatic N) is 1. The minimum absolute atomic E-state index is 0.229. The number of carbonyl (C=O) groups excluding carboxylic acids is 1. The molecule has 0 aliphatic carbocycles. The minimum Gasteiger partial charge on any atom is -0.465 e. The third-order valence-electron chi connectivity index (χ3n) is 1.56. The van der Waals surface area contributed by atoms with Crippen molar-refractivity contribution in [3.8, 4) is 0 Å². The summed E-state index contributed by atoms with van der Waals surface area (Å²) in [5.74, 6) is -0.0257. The molecule has 1 aromatic heterocycles. The van der Waals surface area contributed by atoms with Crippen molar-refractivity contribution in [2.24, 2.45) is 0 Å². The molecule has 6 heteroatoms. The molecular weight excluding hydrogens is 244 g/mol.